The predicted octanol–water partition coefficient (Wildman–Crippen LogP) is 12.0. The highest BCUT2D eigenvalue weighted by atomic mass is 15.0. The Morgan fingerprint density at radius 1 is 0.455 bits per heavy atom. The third-order valence-electron chi connectivity index (χ3n) is 14.4. The second-order valence-corrected chi connectivity index (χ2v) is 17.5. The van der Waals surface area contributed by atoms with Gasteiger partial charge in [0.25, 0.3) is 0 Å². The van der Waals surface area contributed by atoms with Gasteiger partial charge in [0.05, 0.1) is 5.69 Å². The maximum absolute atomic E-state index is 5.29. The van der Waals surface area contributed by atoms with Crippen LogP contribution < -0.4 is 0 Å². The first kappa shape index (κ1) is 31.6. The Hall–Kier alpha value is -5.74. The van der Waals surface area contributed by atoms with Crippen LogP contribution in [0.2, 0.25) is 0 Å². The Bertz CT molecular complexity index is 2650. The molecule has 0 aliphatic heterocycles. The Morgan fingerprint density at radius 2 is 1.07 bits per heavy atom. The van der Waals surface area contributed by atoms with E-state index in [4.69, 9.17) is 15.0 Å². The molecule has 7 aromatic rings. The molecule has 266 valence electrons. The SMILES string of the molecule is CC1(C)c2cc3c(cc2-c2c(-c4nc(-c5ccccc5)nc(-c5ccc(-c6ccccn6)cc5)n4)cccc21)-c1ccccc1C31C2CC3CC(C2)CC1C3. The summed E-state index contributed by atoms with van der Waals surface area (Å²) >= 11 is 0. The Labute approximate surface area is 322 Å². The van der Waals surface area contributed by atoms with Crippen molar-refractivity contribution in [2.45, 2.75) is 56.8 Å². The molecule has 1 spiro atoms. The largest absolute Gasteiger partial charge is 0.256 e. The summed E-state index contributed by atoms with van der Waals surface area (Å²) in [6, 6.07) is 46.2. The van der Waals surface area contributed by atoms with E-state index in [0.29, 0.717) is 17.5 Å². The smallest absolute Gasteiger partial charge is 0.164 e. The van der Waals surface area contributed by atoms with Gasteiger partial charge < -0.3 is 0 Å². The van der Waals surface area contributed by atoms with E-state index in [-0.39, 0.29) is 10.8 Å². The second kappa shape index (κ2) is 11.4. The number of hydrogen-bond donors (Lipinski definition) is 0. The van der Waals surface area contributed by atoms with Gasteiger partial charge in [-0.3, -0.25) is 4.98 Å². The molecule has 0 atom stereocenters. The first-order valence-corrected chi connectivity index (χ1v) is 20.2. The van der Waals surface area contributed by atoms with E-state index < -0.39 is 0 Å². The van der Waals surface area contributed by atoms with Crippen molar-refractivity contribution in [1.29, 1.82) is 0 Å². The summed E-state index contributed by atoms with van der Waals surface area (Å²) < 4.78 is 0. The van der Waals surface area contributed by atoms with Crippen LogP contribution in [0.3, 0.4) is 0 Å². The summed E-state index contributed by atoms with van der Waals surface area (Å²) in [6.45, 7) is 4.85. The van der Waals surface area contributed by atoms with Gasteiger partial charge in [-0.15, -0.1) is 0 Å². The van der Waals surface area contributed by atoms with E-state index in [1.807, 2.05) is 42.6 Å². The highest BCUT2D eigenvalue weighted by molar-refractivity contribution is 5.96. The number of hydrogen-bond acceptors (Lipinski definition) is 4. The summed E-state index contributed by atoms with van der Waals surface area (Å²) in [6.07, 6.45) is 8.87. The lowest BCUT2D eigenvalue weighted by Gasteiger charge is -2.61. The van der Waals surface area contributed by atoms with Crippen LogP contribution >= 0.6 is 0 Å². The van der Waals surface area contributed by atoms with Gasteiger partial charge in [-0.05, 0) is 118 Å². The van der Waals surface area contributed by atoms with Crippen molar-refractivity contribution >= 4 is 0 Å². The van der Waals surface area contributed by atoms with Crippen molar-refractivity contribution in [2.75, 3.05) is 0 Å². The number of benzene rings is 5. The number of nitrogens with zero attached hydrogens (tertiary/aromatic N) is 4. The number of aromatic nitrogens is 4. The van der Waals surface area contributed by atoms with Crippen LogP contribution in [0.1, 0.15) is 68.2 Å². The third-order valence-corrected chi connectivity index (χ3v) is 14.4. The van der Waals surface area contributed by atoms with Crippen molar-refractivity contribution in [3.63, 3.8) is 0 Å². The minimum atomic E-state index is -0.170. The molecule has 13 rings (SSSR count). The lowest BCUT2D eigenvalue weighted by molar-refractivity contribution is -0.0399. The summed E-state index contributed by atoms with van der Waals surface area (Å²) in [7, 11) is 0. The maximum Gasteiger partial charge on any atom is 0.164 e. The molecule has 5 aromatic carbocycles. The molecule has 2 heterocycles. The lowest BCUT2D eigenvalue weighted by Crippen LogP contribution is -2.55. The van der Waals surface area contributed by atoms with Gasteiger partial charge in [0.1, 0.15) is 0 Å². The van der Waals surface area contributed by atoms with E-state index in [1.54, 1.807) is 11.1 Å². The zero-order valence-corrected chi connectivity index (χ0v) is 31.3. The molecule has 55 heavy (non-hydrogen) atoms. The van der Waals surface area contributed by atoms with Gasteiger partial charge in [-0.1, -0.05) is 123 Å². The molecule has 2 aromatic heterocycles. The average Bonchev–Trinajstić information content (AvgIpc) is 3.64. The monoisotopic (exact) mass is 710 g/mol. The topological polar surface area (TPSA) is 51.6 Å². The fraction of sp³-hybridized carbons (Fsp3) is 0.255. The lowest BCUT2D eigenvalue weighted by atomic mass is 9.43. The Morgan fingerprint density at radius 3 is 1.80 bits per heavy atom. The Kier molecular flexibility index (Phi) is 6.55. The van der Waals surface area contributed by atoms with Gasteiger partial charge in [-0.2, -0.15) is 0 Å². The van der Waals surface area contributed by atoms with E-state index in [9.17, 15) is 0 Å². The van der Waals surface area contributed by atoms with Crippen LogP contribution in [0.15, 0.2) is 134 Å². The standard InChI is InChI=1S/C51H42N4/c1-50(2)42-16-10-14-38(49-54-47(33-11-4-3-5-12-33)53-48(55-49)34-20-18-32(19-21-34)45-17-8-9-22-52-45)46(42)40-28-39-37-13-6-7-15-41(37)51(44(39)29-43(40)50)35-24-30-23-31(26-35)27-36(51)25-30/h3-22,28-31,35-36H,23-27H2,1-2H3. The van der Waals surface area contributed by atoms with Crippen LogP contribution in [-0.2, 0) is 10.8 Å². The minimum absolute atomic E-state index is 0.141. The molecule has 0 radical (unpaired) electrons. The molecule has 4 nitrogen and oxygen atoms in total. The van der Waals surface area contributed by atoms with E-state index in [1.165, 1.54) is 65.5 Å². The highest BCUT2D eigenvalue weighted by Gasteiger charge is 2.62. The van der Waals surface area contributed by atoms with E-state index in [0.717, 1.165) is 51.6 Å². The quantitative estimate of drug-likeness (QED) is 0.182. The van der Waals surface area contributed by atoms with Crippen LogP contribution in [0.4, 0.5) is 0 Å². The molecule has 0 N–H and O–H groups in total. The van der Waals surface area contributed by atoms with Crippen LogP contribution in [0.5, 0.6) is 0 Å². The molecule has 4 bridgehead atoms. The van der Waals surface area contributed by atoms with Crippen molar-refractivity contribution < 1.29 is 0 Å². The summed E-state index contributed by atoms with van der Waals surface area (Å²) in [5, 5.41) is 0. The molecule has 0 unspecified atom stereocenters. The van der Waals surface area contributed by atoms with Crippen molar-refractivity contribution in [1.82, 2.24) is 19.9 Å². The van der Waals surface area contributed by atoms with Crippen LogP contribution in [0, 0.1) is 23.7 Å². The second-order valence-electron chi connectivity index (χ2n) is 17.5. The number of fused-ring (bicyclic) bond motifs is 6. The minimum Gasteiger partial charge on any atom is -0.256 e. The van der Waals surface area contributed by atoms with Crippen molar-refractivity contribution in [2.24, 2.45) is 23.7 Å². The maximum atomic E-state index is 5.29. The van der Waals surface area contributed by atoms with Crippen LogP contribution in [-0.4, -0.2) is 19.9 Å². The summed E-state index contributed by atoms with van der Waals surface area (Å²) in [5.74, 6) is 5.37. The van der Waals surface area contributed by atoms with Crippen molar-refractivity contribution in [3.05, 3.63) is 156 Å². The predicted molar refractivity (Wildman–Crippen MR) is 220 cm³/mol. The molecule has 0 amide bonds. The third kappa shape index (κ3) is 4.40. The molecular formula is C51H42N4. The molecular weight excluding hydrogens is 669 g/mol. The van der Waals surface area contributed by atoms with E-state index in [2.05, 4.69) is 110 Å². The molecule has 4 saturated carbocycles. The zero-order chi connectivity index (χ0) is 36.5. The van der Waals surface area contributed by atoms with Gasteiger partial charge in [-0.25, -0.2) is 15.0 Å². The van der Waals surface area contributed by atoms with Crippen molar-refractivity contribution in [3.8, 4) is 67.7 Å². The highest BCUT2D eigenvalue weighted by Crippen LogP contribution is 2.70. The normalized spacial score (nSPS) is 24.4. The van der Waals surface area contributed by atoms with Gasteiger partial charge >= 0.3 is 0 Å². The molecule has 6 aliphatic carbocycles. The number of pyridine rings is 1. The number of rotatable bonds is 4. The first-order valence-electron chi connectivity index (χ1n) is 20.2. The first-order chi connectivity index (χ1) is 27.0. The fourth-order valence-corrected chi connectivity index (χ4v) is 12.3. The fourth-order valence-electron chi connectivity index (χ4n) is 12.3. The average molecular weight is 711 g/mol. The van der Waals surface area contributed by atoms with Crippen LogP contribution in [0.25, 0.3) is 67.7 Å². The van der Waals surface area contributed by atoms with Gasteiger partial charge in [0.2, 0.25) is 0 Å². The van der Waals surface area contributed by atoms with Gasteiger partial charge in [0.15, 0.2) is 17.5 Å². The zero-order valence-electron chi connectivity index (χ0n) is 31.3. The van der Waals surface area contributed by atoms with E-state index >= 15 is 0 Å². The molecule has 0 saturated heterocycles. The molecule has 4 heteroatoms. The summed E-state index contributed by atoms with van der Waals surface area (Å²) in [4.78, 5) is 20.2. The Balaban J connectivity index is 1.05. The molecule has 4 fully saturated rings. The van der Waals surface area contributed by atoms with Gasteiger partial charge in [0, 0.05) is 39.3 Å². The molecule has 6 aliphatic rings. The summed E-state index contributed by atoms with van der Waals surface area (Å²) in [5.41, 5.74) is 16.5.